The number of carbonyl (C=O) groups is 1. The number of hydrogen-bond acceptors (Lipinski definition) is 1. The van der Waals surface area contributed by atoms with Gasteiger partial charge in [0, 0.05) is 5.56 Å². The van der Waals surface area contributed by atoms with E-state index < -0.39 is 0 Å². The van der Waals surface area contributed by atoms with Crippen LogP contribution in [-0.4, -0.2) is 11.1 Å². The van der Waals surface area contributed by atoms with Crippen LogP contribution >= 0.6 is 27.5 Å². The van der Waals surface area contributed by atoms with Crippen LogP contribution in [0.5, 0.6) is 0 Å². The summed E-state index contributed by atoms with van der Waals surface area (Å²) in [6.07, 6.45) is 0. The highest BCUT2D eigenvalue weighted by atomic mass is 79.9. The van der Waals surface area contributed by atoms with Crippen LogP contribution in [0.1, 0.15) is 15.9 Å². The van der Waals surface area contributed by atoms with Gasteiger partial charge in [-0.2, -0.15) is 0 Å². The SMILES string of the molecule is Cc1ccc(C(=O)CBr)c(Cl)c1. The lowest BCUT2D eigenvalue weighted by molar-refractivity contribution is 0.102. The Morgan fingerprint density at radius 3 is 2.75 bits per heavy atom. The Kier molecular flexibility index (Phi) is 3.29. The van der Waals surface area contributed by atoms with Gasteiger partial charge >= 0.3 is 0 Å². The number of benzene rings is 1. The molecule has 0 saturated heterocycles. The minimum Gasteiger partial charge on any atom is -0.293 e. The molecule has 1 rings (SSSR count). The van der Waals surface area contributed by atoms with Crippen LogP contribution in [0.3, 0.4) is 0 Å². The lowest BCUT2D eigenvalue weighted by Gasteiger charge is -2.01. The van der Waals surface area contributed by atoms with Crippen LogP contribution < -0.4 is 0 Å². The first kappa shape index (κ1) is 9.75. The van der Waals surface area contributed by atoms with Crippen molar-refractivity contribution in [1.29, 1.82) is 0 Å². The van der Waals surface area contributed by atoms with E-state index in [1.807, 2.05) is 13.0 Å². The number of alkyl halides is 1. The van der Waals surface area contributed by atoms with Crippen LogP contribution in [0.25, 0.3) is 0 Å². The van der Waals surface area contributed by atoms with Gasteiger partial charge in [-0.25, -0.2) is 0 Å². The van der Waals surface area contributed by atoms with Gasteiger partial charge < -0.3 is 0 Å². The van der Waals surface area contributed by atoms with Gasteiger partial charge in [-0.1, -0.05) is 33.6 Å². The van der Waals surface area contributed by atoms with E-state index in [1.165, 1.54) is 0 Å². The number of hydrogen-bond donors (Lipinski definition) is 0. The molecule has 0 N–H and O–H groups in total. The highest BCUT2D eigenvalue weighted by Crippen LogP contribution is 2.18. The van der Waals surface area contributed by atoms with E-state index in [9.17, 15) is 4.79 Å². The average Bonchev–Trinajstić information content (AvgIpc) is 2.03. The van der Waals surface area contributed by atoms with Gasteiger partial charge in [-0.05, 0) is 24.6 Å². The molecule has 0 saturated carbocycles. The summed E-state index contributed by atoms with van der Waals surface area (Å²) in [5.41, 5.74) is 1.64. The van der Waals surface area contributed by atoms with E-state index in [1.54, 1.807) is 12.1 Å². The second kappa shape index (κ2) is 4.06. The molecule has 12 heavy (non-hydrogen) atoms. The molecular formula is C9H8BrClO. The Balaban J connectivity index is 3.09. The van der Waals surface area contributed by atoms with Crippen molar-refractivity contribution in [3.63, 3.8) is 0 Å². The predicted octanol–water partition coefficient (Wildman–Crippen LogP) is 3.23. The molecule has 0 heterocycles. The van der Waals surface area contributed by atoms with Crippen LogP contribution in [0.4, 0.5) is 0 Å². The van der Waals surface area contributed by atoms with Crippen LogP contribution in [0.15, 0.2) is 18.2 Å². The maximum atomic E-state index is 11.2. The molecule has 0 amide bonds. The molecule has 0 radical (unpaired) electrons. The first-order valence-electron chi connectivity index (χ1n) is 3.50. The quantitative estimate of drug-likeness (QED) is 0.579. The molecule has 0 bridgehead atoms. The highest BCUT2D eigenvalue weighted by Gasteiger charge is 2.07. The summed E-state index contributed by atoms with van der Waals surface area (Å²) in [5, 5.41) is 0.843. The van der Waals surface area contributed by atoms with Crippen LogP contribution in [0.2, 0.25) is 5.02 Å². The number of ketones is 1. The molecule has 0 aliphatic heterocycles. The number of rotatable bonds is 2. The molecule has 1 aromatic carbocycles. The zero-order valence-electron chi connectivity index (χ0n) is 6.60. The molecule has 1 aromatic rings. The van der Waals surface area contributed by atoms with E-state index in [0.717, 1.165) is 5.56 Å². The normalized spacial score (nSPS) is 9.92. The monoisotopic (exact) mass is 246 g/mol. The van der Waals surface area contributed by atoms with Crippen molar-refractivity contribution in [2.75, 3.05) is 5.33 Å². The van der Waals surface area contributed by atoms with Gasteiger partial charge in [-0.15, -0.1) is 0 Å². The number of halogens is 2. The molecule has 0 unspecified atom stereocenters. The second-order valence-electron chi connectivity index (χ2n) is 2.54. The molecule has 0 aliphatic rings. The molecule has 0 fully saturated rings. The van der Waals surface area contributed by atoms with Crippen molar-refractivity contribution < 1.29 is 4.79 Å². The fourth-order valence-corrected chi connectivity index (χ4v) is 1.56. The molecule has 0 aromatic heterocycles. The Labute approximate surface area is 84.9 Å². The Morgan fingerprint density at radius 1 is 1.58 bits per heavy atom. The van der Waals surface area contributed by atoms with Gasteiger partial charge in [-0.3, -0.25) is 4.79 Å². The van der Waals surface area contributed by atoms with Gasteiger partial charge in [0.2, 0.25) is 0 Å². The molecule has 64 valence electrons. The minimum absolute atomic E-state index is 0.0139. The molecular weight excluding hydrogens is 239 g/mol. The van der Waals surface area contributed by atoms with E-state index in [4.69, 9.17) is 11.6 Å². The van der Waals surface area contributed by atoms with Crippen molar-refractivity contribution >= 4 is 33.3 Å². The second-order valence-corrected chi connectivity index (χ2v) is 3.51. The summed E-state index contributed by atoms with van der Waals surface area (Å²) < 4.78 is 0. The smallest absolute Gasteiger partial charge is 0.174 e. The summed E-state index contributed by atoms with van der Waals surface area (Å²) >= 11 is 8.96. The number of Topliss-reactive ketones (excluding diaryl/α,β-unsaturated/α-hetero) is 1. The molecule has 0 atom stereocenters. The third kappa shape index (κ3) is 2.08. The predicted molar refractivity (Wildman–Crippen MR) is 54.3 cm³/mol. The van der Waals surface area contributed by atoms with Crippen LogP contribution in [0, 0.1) is 6.92 Å². The van der Waals surface area contributed by atoms with Crippen molar-refractivity contribution in [3.8, 4) is 0 Å². The highest BCUT2D eigenvalue weighted by molar-refractivity contribution is 9.09. The van der Waals surface area contributed by atoms with E-state index >= 15 is 0 Å². The fourth-order valence-electron chi connectivity index (χ4n) is 0.918. The zero-order chi connectivity index (χ0) is 9.14. The van der Waals surface area contributed by atoms with Gasteiger partial charge in [0.15, 0.2) is 5.78 Å². The maximum Gasteiger partial charge on any atom is 0.174 e. The fraction of sp³-hybridized carbons (Fsp3) is 0.222. The summed E-state index contributed by atoms with van der Waals surface area (Å²) in [5.74, 6) is 0.0139. The largest absolute Gasteiger partial charge is 0.293 e. The average molecular weight is 248 g/mol. The minimum atomic E-state index is 0.0139. The molecule has 3 heteroatoms. The maximum absolute atomic E-state index is 11.2. The summed E-state index contributed by atoms with van der Waals surface area (Å²) in [4.78, 5) is 11.2. The van der Waals surface area contributed by atoms with E-state index in [2.05, 4.69) is 15.9 Å². The zero-order valence-corrected chi connectivity index (χ0v) is 8.95. The standard InChI is InChI=1S/C9H8BrClO/c1-6-2-3-7(8(11)4-6)9(12)5-10/h2-4H,5H2,1H3. The lowest BCUT2D eigenvalue weighted by atomic mass is 10.1. The van der Waals surface area contributed by atoms with Crippen molar-refractivity contribution in [2.24, 2.45) is 0 Å². The Morgan fingerprint density at radius 2 is 2.25 bits per heavy atom. The van der Waals surface area contributed by atoms with E-state index in [0.29, 0.717) is 15.9 Å². The van der Waals surface area contributed by atoms with Crippen LogP contribution in [-0.2, 0) is 0 Å². The van der Waals surface area contributed by atoms with Crippen molar-refractivity contribution in [2.45, 2.75) is 6.92 Å². The first-order valence-corrected chi connectivity index (χ1v) is 5.00. The molecule has 0 spiro atoms. The first-order chi connectivity index (χ1) is 5.65. The van der Waals surface area contributed by atoms with E-state index in [-0.39, 0.29) is 5.78 Å². The topological polar surface area (TPSA) is 17.1 Å². The molecule has 1 nitrogen and oxygen atoms in total. The Bertz CT molecular complexity index is 309. The van der Waals surface area contributed by atoms with Gasteiger partial charge in [0.25, 0.3) is 0 Å². The summed E-state index contributed by atoms with van der Waals surface area (Å²) in [6, 6.07) is 5.42. The lowest BCUT2D eigenvalue weighted by Crippen LogP contribution is -2.00. The van der Waals surface area contributed by atoms with Gasteiger partial charge in [0.05, 0.1) is 10.4 Å². The molecule has 0 aliphatic carbocycles. The third-order valence-corrected chi connectivity index (χ3v) is 2.37. The van der Waals surface area contributed by atoms with Crippen molar-refractivity contribution in [3.05, 3.63) is 34.3 Å². The third-order valence-electron chi connectivity index (χ3n) is 1.55. The number of carbonyl (C=O) groups excluding carboxylic acids is 1. The summed E-state index contributed by atoms with van der Waals surface area (Å²) in [6.45, 7) is 1.94. The van der Waals surface area contributed by atoms with Gasteiger partial charge in [0.1, 0.15) is 0 Å². The number of aryl methyl sites for hydroxylation is 1. The Hall–Kier alpha value is -0.340. The summed E-state index contributed by atoms with van der Waals surface area (Å²) in [7, 11) is 0. The van der Waals surface area contributed by atoms with Crippen molar-refractivity contribution in [1.82, 2.24) is 0 Å².